The Morgan fingerprint density at radius 3 is 2.95 bits per heavy atom. The van der Waals surface area contributed by atoms with Crippen LogP contribution in [-0.4, -0.2) is 30.2 Å². The smallest absolute Gasteiger partial charge is 0.238 e. The van der Waals surface area contributed by atoms with Gasteiger partial charge in [0.15, 0.2) is 11.5 Å². The standard InChI is InChI=1S/C12H11FN6O/c1-19-10(14-7-15-19)6-20-12-11(16-18-17-12)8-4-2-3-5-9(8)13/h2-5,7H,6H2,1H3,(H,16,17,18). The van der Waals surface area contributed by atoms with E-state index in [2.05, 4.69) is 25.5 Å². The van der Waals surface area contributed by atoms with Crippen LogP contribution < -0.4 is 4.74 Å². The van der Waals surface area contributed by atoms with Gasteiger partial charge >= 0.3 is 0 Å². The van der Waals surface area contributed by atoms with E-state index in [1.807, 2.05) is 0 Å². The van der Waals surface area contributed by atoms with Crippen LogP contribution in [0.25, 0.3) is 11.3 Å². The Morgan fingerprint density at radius 1 is 1.35 bits per heavy atom. The molecule has 1 aromatic carbocycles. The first-order valence-corrected chi connectivity index (χ1v) is 5.87. The molecule has 0 aliphatic heterocycles. The lowest BCUT2D eigenvalue weighted by Crippen LogP contribution is -2.05. The van der Waals surface area contributed by atoms with Crippen molar-refractivity contribution in [2.45, 2.75) is 6.61 Å². The second kappa shape index (κ2) is 5.08. The van der Waals surface area contributed by atoms with Crippen molar-refractivity contribution in [1.29, 1.82) is 0 Å². The summed E-state index contributed by atoms with van der Waals surface area (Å²) in [6.07, 6.45) is 1.43. The van der Waals surface area contributed by atoms with Gasteiger partial charge < -0.3 is 4.74 Å². The molecular weight excluding hydrogens is 263 g/mol. The molecule has 0 amide bonds. The first-order chi connectivity index (χ1) is 9.75. The number of aryl methyl sites for hydroxylation is 1. The Morgan fingerprint density at radius 2 is 2.20 bits per heavy atom. The molecule has 3 rings (SSSR count). The van der Waals surface area contributed by atoms with Gasteiger partial charge in [0.1, 0.15) is 18.8 Å². The lowest BCUT2D eigenvalue weighted by molar-refractivity contribution is 0.279. The van der Waals surface area contributed by atoms with Gasteiger partial charge in [0, 0.05) is 12.6 Å². The summed E-state index contributed by atoms with van der Waals surface area (Å²) in [6.45, 7) is 0.182. The third kappa shape index (κ3) is 2.22. The van der Waals surface area contributed by atoms with Crippen LogP contribution in [0.4, 0.5) is 4.39 Å². The fraction of sp³-hybridized carbons (Fsp3) is 0.167. The van der Waals surface area contributed by atoms with E-state index in [9.17, 15) is 4.39 Å². The fourth-order valence-electron chi connectivity index (χ4n) is 1.74. The molecule has 0 saturated carbocycles. The van der Waals surface area contributed by atoms with Crippen molar-refractivity contribution in [3.8, 4) is 17.1 Å². The minimum atomic E-state index is -0.384. The van der Waals surface area contributed by atoms with Gasteiger partial charge in [-0.1, -0.05) is 17.3 Å². The van der Waals surface area contributed by atoms with Gasteiger partial charge in [-0.05, 0) is 12.1 Å². The highest BCUT2D eigenvalue weighted by Crippen LogP contribution is 2.27. The summed E-state index contributed by atoms with van der Waals surface area (Å²) < 4.78 is 20.9. The maximum atomic E-state index is 13.7. The number of halogens is 1. The van der Waals surface area contributed by atoms with Crippen molar-refractivity contribution in [1.82, 2.24) is 30.2 Å². The van der Waals surface area contributed by atoms with Gasteiger partial charge in [-0.25, -0.2) is 14.5 Å². The van der Waals surface area contributed by atoms with Crippen LogP contribution in [0.2, 0.25) is 0 Å². The number of H-pyrrole nitrogens is 1. The fourth-order valence-corrected chi connectivity index (χ4v) is 1.74. The topological polar surface area (TPSA) is 81.5 Å². The average molecular weight is 274 g/mol. The minimum Gasteiger partial charge on any atom is -0.468 e. The second-order valence-electron chi connectivity index (χ2n) is 4.06. The summed E-state index contributed by atoms with van der Waals surface area (Å²) >= 11 is 0. The normalized spacial score (nSPS) is 10.7. The molecule has 0 saturated heterocycles. The van der Waals surface area contributed by atoms with Crippen molar-refractivity contribution in [3.05, 3.63) is 42.2 Å². The highest BCUT2D eigenvalue weighted by molar-refractivity contribution is 5.64. The second-order valence-corrected chi connectivity index (χ2v) is 4.06. The highest BCUT2D eigenvalue weighted by Gasteiger charge is 2.15. The van der Waals surface area contributed by atoms with E-state index in [0.29, 0.717) is 17.1 Å². The van der Waals surface area contributed by atoms with Gasteiger partial charge in [-0.15, -0.1) is 5.10 Å². The summed E-state index contributed by atoms with van der Waals surface area (Å²) in [5.41, 5.74) is 0.652. The molecule has 3 aromatic rings. The van der Waals surface area contributed by atoms with Crippen LogP contribution in [-0.2, 0) is 13.7 Å². The summed E-state index contributed by atoms with van der Waals surface area (Å²) in [6, 6.07) is 6.30. The molecule has 0 bridgehead atoms. The van der Waals surface area contributed by atoms with E-state index in [1.165, 1.54) is 12.4 Å². The van der Waals surface area contributed by atoms with Gasteiger partial charge in [-0.2, -0.15) is 5.10 Å². The molecule has 2 heterocycles. The molecule has 0 unspecified atom stereocenters. The Kier molecular flexibility index (Phi) is 3.12. The monoisotopic (exact) mass is 274 g/mol. The maximum Gasteiger partial charge on any atom is 0.238 e. The number of nitrogens with zero attached hydrogens (tertiary/aromatic N) is 5. The zero-order valence-electron chi connectivity index (χ0n) is 10.6. The predicted octanol–water partition coefficient (Wildman–Crippen LogP) is 1.32. The third-order valence-electron chi connectivity index (χ3n) is 2.80. The SMILES string of the molecule is Cn1ncnc1COc1[nH]nnc1-c1ccccc1F. The van der Waals surface area contributed by atoms with E-state index >= 15 is 0 Å². The molecule has 0 aliphatic rings. The molecule has 1 N–H and O–H groups in total. The van der Waals surface area contributed by atoms with Crippen LogP contribution in [0.3, 0.4) is 0 Å². The molecule has 2 aromatic heterocycles. The van der Waals surface area contributed by atoms with Crippen LogP contribution in [0.15, 0.2) is 30.6 Å². The van der Waals surface area contributed by atoms with E-state index < -0.39 is 0 Å². The zero-order chi connectivity index (χ0) is 13.9. The molecule has 0 atom stereocenters. The van der Waals surface area contributed by atoms with Crippen LogP contribution in [0.1, 0.15) is 5.82 Å². The molecule has 0 radical (unpaired) electrons. The van der Waals surface area contributed by atoms with E-state index in [-0.39, 0.29) is 18.3 Å². The zero-order valence-corrected chi connectivity index (χ0v) is 10.6. The number of hydrogen-bond donors (Lipinski definition) is 1. The number of aromatic amines is 1. The summed E-state index contributed by atoms with van der Waals surface area (Å²) in [5.74, 6) is 0.544. The molecule has 0 fully saturated rings. The lowest BCUT2D eigenvalue weighted by atomic mass is 10.1. The maximum absolute atomic E-state index is 13.7. The van der Waals surface area contributed by atoms with Gasteiger partial charge in [0.2, 0.25) is 5.88 Å². The van der Waals surface area contributed by atoms with Crippen molar-refractivity contribution in [3.63, 3.8) is 0 Å². The number of rotatable bonds is 4. The highest BCUT2D eigenvalue weighted by atomic mass is 19.1. The van der Waals surface area contributed by atoms with Crippen molar-refractivity contribution in [2.75, 3.05) is 0 Å². The molecule has 7 nitrogen and oxygen atoms in total. The van der Waals surface area contributed by atoms with E-state index in [4.69, 9.17) is 4.74 Å². The molecular formula is C12H11FN6O. The average Bonchev–Trinajstić information content (AvgIpc) is 3.06. The van der Waals surface area contributed by atoms with Crippen LogP contribution >= 0.6 is 0 Å². The van der Waals surface area contributed by atoms with Crippen molar-refractivity contribution < 1.29 is 9.13 Å². The Bertz CT molecular complexity index is 722. The van der Waals surface area contributed by atoms with Gasteiger partial charge in [-0.3, -0.25) is 4.68 Å². The van der Waals surface area contributed by atoms with E-state index in [0.717, 1.165) is 0 Å². The summed E-state index contributed by atoms with van der Waals surface area (Å²) in [5, 5.41) is 14.1. The van der Waals surface area contributed by atoms with Crippen LogP contribution in [0.5, 0.6) is 5.88 Å². The number of nitrogens with one attached hydrogen (secondary N) is 1. The molecule has 20 heavy (non-hydrogen) atoms. The largest absolute Gasteiger partial charge is 0.468 e. The minimum absolute atomic E-state index is 0.182. The quantitative estimate of drug-likeness (QED) is 0.776. The van der Waals surface area contributed by atoms with Crippen molar-refractivity contribution >= 4 is 0 Å². The first kappa shape index (κ1) is 12.3. The molecule has 8 heteroatoms. The molecule has 0 aliphatic carbocycles. The number of benzene rings is 1. The Balaban J connectivity index is 1.84. The number of hydrogen-bond acceptors (Lipinski definition) is 5. The lowest BCUT2D eigenvalue weighted by Gasteiger charge is -2.05. The van der Waals surface area contributed by atoms with Gasteiger partial charge in [0.05, 0.1) is 0 Å². The Labute approximate surface area is 113 Å². The molecule has 0 spiro atoms. The van der Waals surface area contributed by atoms with E-state index in [1.54, 1.807) is 29.9 Å². The van der Waals surface area contributed by atoms with Gasteiger partial charge in [0.25, 0.3) is 0 Å². The number of aromatic nitrogens is 6. The van der Waals surface area contributed by atoms with Crippen molar-refractivity contribution in [2.24, 2.45) is 7.05 Å². The number of ether oxygens (including phenoxy) is 1. The Hall–Kier alpha value is -2.77. The summed E-state index contributed by atoms with van der Waals surface area (Å²) in [4.78, 5) is 4.03. The first-order valence-electron chi connectivity index (χ1n) is 5.87. The molecule has 102 valence electrons. The van der Waals surface area contributed by atoms with Crippen LogP contribution in [0, 0.1) is 5.82 Å². The summed E-state index contributed by atoms with van der Waals surface area (Å²) in [7, 11) is 1.76. The third-order valence-corrected chi connectivity index (χ3v) is 2.80. The predicted molar refractivity (Wildman–Crippen MR) is 67.1 cm³/mol.